The predicted octanol–water partition coefficient (Wildman–Crippen LogP) is 1.74. The van der Waals surface area contributed by atoms with Crippen LogP contribution < -0.4 is 10.1 Å². The summed E-state index contributed by atoms with van der Waals surface area (Å²) in [5, 5.41) is 3.12. The van der Waals surface area contributed by atoms with Crippen LogP contribution in [0.1, 0.15) is 30.4 Å². The van der Waals surface area contributed by atoms with Crippen molar-refractivity contribution in [1.82, 2.24) is 15.1 Å². The lowest BCUT2D eigenvalue weighted by Gasteiger charge is -2.47. The van der Waals surface area contributed by atoms with Gasteiger partial charge in [0, 0.05) is 38.6 Å². The van der Waals surface area contributed by atoms with Gasteiger partial charge in [0.2, 0.25) is 5.91 Å². The highest BCUT2D eigenvalue weighted by Gasteiger charge is 2.40. The van der Waals surface area contributed by atoms with E-state index >= 15 is 0 Å². The van der Waals surface area contributed by atoms with Gasteiger partial charge in [-0.2, -0.15) is 0 Å². The van der Waals surface area contributed by atoms with E-state index in [4.69, 9.17) is 4.74 Å². The molecule has 1 aromatic carbocycles. The molecule has 0 aromatic heterocycles. The van der Waals surface area contributed by atoms with Crippen molar-refractivity contribution in [2.45, 2.75) is 39.2 Å². The fourth-order valence-electron chi connectivity index (χ4n) is 4.21. The highest BCUT2D eigenvalue weighted by molar-refractivity contribution is 5.79. The molecule has 0 aliphatic carbocycles. The van der Waals surface area contributed by atoms with Crippen molar-refractivity contribution in [2.24, 2.45) is 5.92 Å². The summed E-state index contributed by atoms with van der Waals surface area (Å²) in [4.78, 5) is 28.9. The number of ether oxygens (including phenoxy) is 1. The van der Waals surface area contributed by atoms with Crippen LogP contribution in [0.3, 0.4) is 0 Å². The van der Waals surface area contributed by atoms with Gasteiger partial charge in [-0.05, 0) is 56.8 Å². The van der Waals surface area contributed by atoms with E-state index < -0.39 is 0 Å². The van der Waals surface area contributed by atoms with Crippen LogP contribution in [0.15, 0.2) is 18.2 Å². The number of rotatable bonds is 6. The van der Waals surface area contributed by atoms with Crippen molar-refractivity contribution >= 4 is 11.8 Å². The van der Waals surface area contributed by atoms with E-state index in [-0.39, 0.29) is 24.5 Å². The maximum atomic E-state index is 12.7. The zero-order valence-corrected chi connectivity index (χ0v) is 16.7. The third-order valence-corrected chi connectivity index (χ3v) is 6.00. The number of piperidine rings is 2. The second-order valence-corrected chi connectivity index (χ2v) is 7.67. The maximum absolute atomic E-state index is 12.7. The Hall–Kier alpha value is -2.08. The maximum Gasteiger partial charge on any atom is 0.260 e. The summed E-state index contributed by atoms with van der Waals surface area (Å²) in [6.07, 6.45) is 2.32. The molecule has 27 heavy (non-hydrogen) atoms. The predicted molar refractivity (Wildman–Crippen MR) is 105 cm³/mol. The molecule has 0 bridgehead atoms. The average Bonchev–Trinajstić information content (AvgIpc) is 2.67. The smallest absolute Gasteiger partial charge is 0.260 e. The molecule has 0 saturated carbocycles. The van der Waals surface area contributed by atoms with Gasteiger partial charge in [0.25, 0.3) is 5.91 Å². The number of nitrogens with zero attached hydrogens (tertiary/aromatic N) is 2. The first kappa shape index (κ1) is 19.7. The first-order valence-corrected chi connectivity index (χ1v) is 9.92. The van der Waals surface area contributed by atoms with Crippen LogP contribution in [0, 0.1) is 19.8 Å². The zero-order chi connectivity index (χ0) is 19.4. The number of hydrogen-bond acceptors (Lipinski definition) is 4. The number of benzene rings is 1. The van der Waals surface area contributed by atoms with E-state index in [1.807, 2.05) is 48.9 Å². The van der Waals surface area contributed by atoms with Crippen molar-refractivity contribution in [2.75, 3.05) is 39.8 Å². The molecular weight excluding hydrogens is 342 g/mol. The average molecular weight is 373 g/mol. The molecule has 0 spiro atoms. The van der Waals surface area contributed by atoms with Crippen molar-refractivity contribution in [3.8, 4) is 5.75 Å². The van der Waals surface area contributed by atoms with Crippen molar-refractivity contribution < 1.29 is 14.3 Å². The highest BCUT2D eigenvalue weighted by Crippen LogP contribution is 2.31. The Labute approximate surface area is 161 Å². The van der Waals surface area contributed by atoms with Gasteiger partial charge in [0.1, 0.15) is 5.75 Å². The number of fused-ring (bicyclic) bond motifs is 1. The first-order valence-electron chi connectivity index (χ1n) is 9.92. The number of likely N-dealkylation sites (N-methyl/N-ethyl adjacent to an activating group) is 1. The van der Waals surface area contributed by atoms with Crippen LogP contribution in [0.5, 0.6) is 5.75 Å². The minimum absolute atomic E-state index is 0.0352. The number of nitrogens with one attached hydrogen (secondary N) is 1. The monoisotopic (exact) mass is 373 g/mol. The standard InChI is InChI=1S/C21H31N3O3/c1-15-5-4-6-19(16(15)2)27-14-21(26)23-11-9-18-17(13-23)7-8-20(25)24(18)12-10-22-3/h4-6,17-18,22H,7-14H2,1-3H3/t17-,18+/m0/s1. The fourth-order valence-corrected chi connectivity index (χ4v) is 4.21. The quantitative estimate of drug-likeness (QED) is 0.825. The molecule has 2 aliphatic rings. The minimum atomic E-state index is 0.0352. The second kappa shape index (κ2) is 8.74. The van der Waals surface area contributed by atoms with Crippen molar-refractivity contribution in [3.05, 3.63) is 29.3 Å². The molecule has 2 fully saturated rings. The first-order chi connectivity index (χ1) is 13.0. The van der Waals surface area contributed by atoms with Gasteiger partial charge in [0.05, 0.1) is 0 Å². The lowest BCUT2D eigenvalue weighted by atomic mass is 9.83. The van der Waals surface area contributed by atoms with Gasteiger partial charge in [-0.1, -0.05) is 12.1 Å². The molecular formula is C21H31N3O3. The summed E-state index contributed by atoms with van der Waals surface area (Å²) in [5.74, 6) is 1.44. The molecule has 6 nitrogen and oxygen atoms in total. The van der Waals surface area contributed by atoms with Crippen LogP contribution in [-0.2, 0) is 9.59 Å². The number of hydrogen-bond donors (Lipinski definition) is 1. The number of aryl methyl sites for hydroxylation is 1. The van der Waals surface area contributed by atoms with Crippen LogP contribution in [0.2, 0.25) is 0 Å². The summed E-state index contributed by atoms with van der Waals surface area (Å²) in [7, 11) is 1.91. The van der Waals surface area contributed by atoms with E-state index in [1.54, 1.807) is 0 Å². The summed E-state index contributed by atoms with van der Waals surface area (Å²) < 4.78 is 5.80. The zero-order valence-electron chi connectivity index (χ0n) is 16.7. The Balaban J connectivity index is 1.56. The Morgan fingerprint density at radius 3 is 2.89 bits per heavy atom. The van der Waals surface area contributed by atoms with Crippen LogP contribution in [0.4, 0.5) is 0 Å². The number of amides is 2. The van der Waals surface area contributed by atoms with Crippen LogP contribution >= 0.6 is 0 Å². The summed E-state index contributed by atoms with van der Waals surface area (Å²) in [6, 6.07) is 6.17. The number of likely N-dealkylation sites (tertiary alicyclic amines) is 2. The molecule has 2 atom stereocenters. The Morgan fingerprint density at radius 2 is 2.11 bits per heavy atom. The molecule has 0 unspecified atom stereocenters. The van der Waals surface area contributed by atoms with E-state index in [0.717, 1.165) is 49.4 Å². The third kappa shape index (κ3) is 4.43. The highest BCUT2D eigenvalue weighted by atomic mass is 16.5. The molecule has 2 aliphatic heterocycles. The number of carbonyl (C=O) groups is 2. The molecule has 1 N–H and O–H groups in total. The van der Waals surface area contributed by atoms with E-state index in [1.165, 1.54) is 0 Å². The minimum Gasteiger partial charge on any atom is -0.483 e. The number of carbonyl (C=O) groups excluding carboxylic acids is 2. The summed E-state index contributed by atoms with van der Waals surface area (Å²) in [5.41, 5.74) is 2.24. The van der Waals surface area contributed by atoms with Gasteiger partial charge in [-0.25, -0.2) is 0 Å². The third-order valence-electron chi connectivity index (χ3n) is 6.00. The molecule has 2 amide bonds. The summed E-state index contributed by atoms with van der Waals surface area (Å²) >= 11 is 0. The lowest BCUT2D eigenvalue weighted by molar-refractivity contribution is -0.144. The Kier molecular flexibility index (Phi) is 6.37. The lowest BCUT2D eigenvalue weighted by Crippen LogP contribution is -2.58. The molecule has 1 aromatic rings. The normalized spacial score (nSPS) is 22.6. The van der Waals surface area contributed by atoms with Gasteiger partial charge >= 0.3 is 0 Å². The Bertz CT molecular complexity index is 691. The van der Waals surface area contributed by atoms with Gasteiger partial charge in [-0.3, -0.25) is 9.59 Å². The molecule has 0 radical (unpaired) electrons. The molecule has 6 heteroatoms. The van der Waals surface area contributed by atoms with E-state index in [9.17, 15) is 9.59 Å². The SMILES string of the molecule is CNCCN1C(=O)CC[C@H]2CN(C(=O)COc3cccc(C)c3C)CC[C@H]21. The molecule has 2 saturated heterocycles. The molecule has 2 heterocycles. The topological polar surface area (TPSA) is 61.9 Å². The van der Waals surface area contributed by atoms with E-state index in [0.29, 0.717) is 18.9 Å². The van der Waals surface area contributed by atoms with Crippen molar-refractivity contribution in [1.29, 1.82) is 0 Å². The van der Waals surface area contributed by atoms with Gasteiger partial charge in [-0.15, -0.1) is 0 Å². The second-order valence-electron chi connectivity index (χ2n) is 7.67. The molecule has 148 valence electrons. The largest absolute Gasteiger partial charge is 0.483 e. The van der Waals surface area contributed by atoms with Gasteiger partial charge in [0.15, 0.2) is 6.61 Å². The van der Waals surface area contributed by atoms with Crippen LogP contribution in [-0.4, -0.2) is 67.5 Å². The van der Waals surface area contributed by atoms with E-state index in [2.05, 4.69) is 5.32 Å². The van der Waals surface area contributed by atoms with Crippen LogP contribution in [0.25, 0.3) is 0 Å². The Morgan fingerprint density at radius 1 is 1.30 bits per heavy atom. The van der Waals surface area contributed by atoms with Crippen molar-refractivity contribution in [3.63, 3.8) is 0 Å². The fraction of sp³-hybridized carbons (Fsp3) is 0.619. The van der Waals surface area contributed by atoms with Gasteiger partial charge < -0.3 is 19.9 Å². The molecule has 3 rings (SSSR count). The summed E-state index contributed by atoms with van der Waals surface area (Å²) in [6.45, 7) is 7.10.